The maximum absolute atomic E-state index is 12.1. The summed E-state index contributed by atoms with van der Waals surface area (Å²) in [5, 5.41) is 10.2. The fourth-order valence-electron chi connectivity index (χ4n) is 3.41. The quantitative estimate of drug-likeness (QED) is 0.305. The van der Waals surface area contributed by atoms with E-state index in [2.05, 4.69) is 4.74 Å². The predicted molar refractivity (Wildman–Crippen MR) is 97.6 cm³/mol. The Labute approximate surface area is 155 Å². The van der Waals surface area contributed by atoms with Gasteiger partial charge in [-0.1, -0.05) is 12.2 Å². The van der Waals surface area contributed by atoms with Crippen molar-refractivity contribution in [2.75, 3.05) is 20.8 Å². The van der Waals surface area contributed by atoms with Crippen molar-refractivity contribution in [3.05, 3.63) is 12.2 Å². The summed E-state index contributed by atoms with van der Waals surface area (Å²) >= 11 is 0. The molecular weight excluding hydrogens is 336 g/mol. The Morgan fingerprint density at radius 1 is 1.15 bits per heavy atom. The Morgan fingerprint density at radius 3 is 2.62 bits per heavy atom. The van der Waals surface area contributed by atoms with Gasteiger partial charge in [-0.3, -0.25) is 14.4 Å². The van der Waals surface area contributed by atoms with Gasteiger partial charge in [0, 0.05) is 45.3 Å². The first kappa shape index (κ1) is 22.5. The molecule has 1 fully saturated rings. The first-order chi connectivity index (χ1) is 12.5. The maximum atomic E-state index is 12.1. The topological polar surface area (TPSA) is 89.9 Å². The van der Waals surface area contributed by atoms with Gasteiger partial charge in [-0.25, -0.2) is 0 Å². The number of Topliss-reactive ketones (excluding diaryl/α,β-unsaturated/α-hetero) is 2. The second kappa shape index (κ2) is 12.8. The van der Waals surface area contributed by atoms with Crippen LogP contribution in [0.25, 0.3) is 0 Å². The normalized spacial score (nSPS) is 22.9. The molecule has 1 aliphatic rings. The van der Waals surface area contributed by atoms with Crippen LogP contribution in [0.2, 0.25) is 0 Å². The number of methoxy groups -OCH3 is 2. The molecule has 0 radical (unpaired) electrons. The zero-order chi connectivity index (χ0) is 19.4. The van der Waals surface area contributed by atoms with Crippen LogP contribution in [0.5, 0.6) is 0 Å². The summed E-state index contributed by atoms with van der Waals surface area (Å²) < 4.78 is 9.52. The summed E-state index contributed by atoms with van der Waals surface area (Å²) in [5.74, 6) is -0.343. The standard InChI is InChI=1S/C20H32O6/c1-25-13-7-8-15(21)11-12-17-16(18(22)14-19(17)23)9-5-3-4-6-10-20(24)26-2/h3,5,16-17,19,23H,4,6-14H2,1-2H3/b5-3-/t16-,17?,19-/m1/s1. The molecule has 6 heteroatoms. The van der Waals surface area contributed by atoms with E-state index in [1.165, 1.54) is 7.11 Å². The van der Waals surface area contributed by atoms with E-state index in [-0.39, 0.29) is 35.8 Å². The van der Waals surface area contributed by atoms with E-state index >= 15 is 0 Å². The molecule has 26 heavy (non-hydrogen) atoms. The van der Waals surface area contributed by atoms with Crippen LogP contribution in [0.15, 0.2) is 12.2 Å². The highest BCUT2D eigenvalue weighted by atomic mass is 16.5. The molecule has 1 saturated carbocycles. The molecule has 0 spiro atoms. The van der Waals surface area contributed by atoms with Crippen molar-refractivity contribution < 1.29 is 29.0 Å². The fourth-order valence-corrected chi connectivity index (χ4v) is 3.41. The van der Waals surface area contributed by atoms with Gasteiger partial charge in [0.15, 0.2) is 0 Å². The number of hydrogen-bond donors (Lipinski definition) is 1. The Balaban J connectivity index is 2.38. The van der Waals surface area contributed by atoms with Gasteiger partial charge in [0.2, 0.25) is 0 Å². The van der Waals surface area contributed by atoms with E-state index < -0.39 is 6.10 Å². The van der Waals surface area contributed by atoms with Crippen molar-refractivity contribution in [3.63, 3.8) is 0 Å². The molecule has 1 rings (SSSR count). The molecule has 0 aromatic carbocycles. The minimum atomic E-state index is -0.646. The summed E-state index contributed by atoms with van der Waals surface area (Å²) in [6, 6.07) is 0. The number of aliphatic hydroxyl groups is 1. The van der Waals surface area contributed by atoms with E-state index in [0.717, 1.165) is 6.42 Å². The first-order valence-corrected chi connectivity index (χ1v) is 9.42. The van der Waals surface area contributed by atoms with Gasteiger partial charge < -0.3 is 14.6 Å². The summed E-state index contributed by atoms with van der Waals surface area (Å²) in [4.78, 5) is 35.1. The molecule has 0 amide bonds. The summed E-state index contributed by atoms with van der Waals surface area (Å²) in [7, 11) is 2.98. The molecule has 0 heterocycles. The number of aliphatic hydroxyl groups excluding tert-OH is 1. The third kappa shape index (κ3) is 8.23. The molecule has 1 N–H and O–H groups in total. The number of ketones is 2. The molecule has 1 unspecified atom stereocenters. The van der Waals surface area contributed by atoms with Crippen molar-refractivity contribution in [1.82, 2.24) is 0 Å². The molecule has 0 bridgehead atoms. The Morgan fingerprint density at radius 2 is 1.92 bits per heavy atom. The third-order valence-corrected chi connectivity index (χ3v) is 4.93. The Hall–Kier alpha value is -1.53. The van der Waals surface area contributed by atoms with Gasteiger partial charge in [0.25, 0.3) is 0 Å². The molecule has 3 atom stereocenters. The summed E-state index contributed by atoms with van der Waals surface area (Å²) in [5.41, 5.74) is 0. The Kier molecular flexibility index (Phi) is 11.1. The second-order valence-electron chi connectivity index (χ2n) is 6.86. The number of esters is 1. The van der Waals surface area contributed by atoms with Crippen LogP contribution in [-0.4, -0.2) is 49.6 Å². The largest absolute Gasteiger partial charge is 0.469 e. The molecule has 0 aromatic heterocycles. The zero-order valence-corrected chi connectivity index (χ0v) is 15.9. The number of ether oxygens (including phenoxy) is 2. The fraction of sp³-hybridized carbons (Fsp3) is 0.750. The number of carbonyl (C=O) groups is 3. The van der Waals surface area contributed by atoms with Gasteiger partial charge in [-0.15, -0.1) is 0 Å². The first-order valence-electron chi connectivity index (χ1n) is 9.42. The van der Waals surface area contributed by atoms with Gasteiger partial charge in [0.1, 0.15) is 11.6 Å². The number of unbranched alkanes of at least 4 members (excludes halogenated alkanes) is 1. The van der Waals surface area contributed by atoms with E-state index in [1.807, 2.05) is 12.2 Å². The van der Waals surface area contributed by atoms with Crippen LogP contribution >= 0.6 is 0 Å². The molecule has 6 nitrogen and oxygen atoms in total. The SMILES string of the molecule is COCCCC(=O)CCC1[C@H](O)CC(=O)[C@@H]1C/C=C\CCCC(=O)OC. The number of rotatable bonds is 13. The molecule has 148 valence electrons. The molecule has 0 aromatic rings. The van der Waals surface area contributed by atoms with Crippen LogP contribution in [0.1, 0.15) is 57.8 Å². The van der Waals surface area contributed by atoms with Gasteiger partial charge in [0.05, 0.1) is 13.2 Å². The van der Waals surface area contributed by atoms with Crippen molar-refractivity contribution in [3.8, 4) is 0 Å². The van der Waals surface area contributed by atoms with E-state index in [9.17, 15) is 19.5 Å². The van der Waals surface area contributed by atoms with Crippen molar-refractivity contribution in [2.45, 2.75) is 63.9 Å². The predicted octanol–water partition coefficient (Wildman–Crippen LogP) is 2.62. The minimum Gasteiger partial charge on any atom is -0.469 e. The van der Waals surface area contributed by atoms with Crippen LogP contribution < -0.4 is 0 Å². The van der Waals surface area contributed by atoms with Crippen LogP contribution in [0.3, 0.4) is 0 Å². The van der Waals surface area contributed by atoms with Crippen molar-refractivity contribution >= 4 is 17.5 Å². The highest BCUT2D eigenvalue weighted by molar-refractivity contribution is 5.84. The lowest BCUT2D eigenvalue weighted by Gasteiger charge is -2.19. The molecule has 0 saturated heterocycles. The van der Waals surface area contributed by atoms with Crippen molar-refractivity contribution in [1.29, 1.82) is 0 Å². The number of allylic oxidation sites excluding steroid dienone is 2. The van der Waals surface area contributed by atoms with Gasteiger partial charge in [-0.05, 0) is 38.0 Å². The van der Waals surface area contributed by atoms with Gasteiger partial charge in [-0.2, -0.15) is 0 Å². The molecular formula is C20H32O6. The van der Waals surface area contributed by atoms with E-state index in [1.54, 1.807) is 7.11 Å². The van der Waals surface area contributed by atoms with Gasteiger partial charge >= 0.3 is 5.97 Å². The molecule has 1 aliphatic carbocycles. The maximum Gasteiger partial charge on any atom is 0.305 e. The number of carbonyl (C=O) groups excluding carboxylic acids is 3. The lowest BCUT2D eigenvalue weighted by Crippen LogP contribution is -2.21. The summed E-state index contributed by atoms with van der Waals surface area (Å²) in [6.07, 6.45) is 8.03. The van der Waals surface area contributed by atoms with Crippen LogP contribution in [-0.2, 0) is 23.9 Å². The second-order valence-corrected chi connectivity index (χ2v) is 6.86. The van der Waals surface area contributed by atoms with Crippen LogP contribution in [0.4, 0.5) is 0 Å². The molecule has 0 aliphatic heterocycles. The smallest absolute Gasteiger partial charge is 0.305 e. The number of hydrogen-bond acceptors (Lipinski definition) is 6. The van der Waals surface area contributed by atoms with E-state index in [4.69, 9.17) is 4.74 Å². The minimum absolute atomic E-state index is 0.0774. The lowest BCUT2D eigenvalue weighted by molar-refractivity contribution is -0.140. The summed E-state index contributed by atoms with van der Waals surface area (Å²) in [6.45, 7) is 0.569. The average Bonchev–Trinajstić information content (AvgIpc) is 2.89. The zero-order valence-electron chi connectivity index (χ0n) is 15.9. The lowest BCUT2D eigenvalue weighted by atomic mass is 9.86. The average molecular weight is 368 g/mol. The highest BCUT2D eigenvalue weighted by Gasteiger charge is 2.40. The van der Waals surface area contributed by atoms with Crippen molar-refractivity contribution in [2.24, 2.45) is 11.8 Å². The highest BCUT2D eigenvalue weighted by Crippen LogP contribution is 2.35. The van der Waals surface area contributed by atoms with E-state index in [0.29, 0.717) is 51.6 Å². The monoisotopic (exact) mass is 368 g/mol. The Bertz CT molecular complexity index is 485. The third-order valence-electron chi connectivity index (χ3n) is 4.93. The van der Waals surface area contributed by atoms with Crippen LogP contribution in [0, 0.1) is 11.8 Å².